The summed E-state index contributed by atoms with van der Waals surface area (Å²) in [4.78, 5) is 0. The maximum Gasteiger partial charge on any atom is 0.138 e. The lowest BCUT2D eigenvalue weighted by Gasteiger charge is -2.17. The normalized spacial score (nSPS) is 12.3. The lowest BCUT2D eigenvalue weighted by atomic mass is 9.99. The summed E-state index contributed by atoms with van der Waals surface area (Å²) in [6.45, 7) is 0. The Morgan fingerprint density at radius 3 is 2.20 bits per heavy atom. The Labute approximate surface area is 137 Å². The largest absolute Gasteiger partial charge is 0.495 e. The molecule has 0 aliphatic heterocycles. The summed E-state index contributed by atoms with van der Waals surface area (Å²) >= 11 is 24.5. The van der Waals surface area contributed by atoms with Gasteiger partial charge in [0.05, 0.1) is 18.2 Å². The molecule has 0 aromatic heterocycles. The van der Waals surface area contributed by atoms with Gasteiger partial charge in [-0.1, -0.05) is 46.4 Å². The number of hydrogen-bond donors (Lipinski definition) is 1. The smallest absolute Gasteiger partial charge is 0.138 e. The number of methoxy groups -OCH3 is 1. The van der Waals surface area contributed by atoms with Crippen molar-refractivity contribution >= 4 is 46.4 Å². The van der Waals surface area contributed by atoms with Crippen LogP contribution in [0.4, 0.5) is 0 Å². The molecule has 106 valence electrons. The average molecular weight is 351 g/mol. The highest BCUT2D eigenvalue weighted by Crippen LogP contribution is 2.37. The monoisotopic (exact) mass is 349 g/mol. The van der Waals surface area contributed by atoms with Crippen molar-refractivity contribution in [2.45, 2.75) is 6.04 Å². The van der Waals surface area contributed by atoms with Crippen LogP contribution in [0.15, 0.2) is 30.3 Å². The van der Waals surface area contributed by atoms with Gasteiger partial charge in [-0.2, -0.15) is 0 Å². The number of ether oxygens (including phenoxy) is 1. The number of halogens is 4. The minimum absolute atomic E-state index is 0.431. The molecule has 0 saturated carbocycles. The SMILES string of the molecule is COc1cc(Cl)c(C(N)c2cc(Cl)ccc2Cl)cc1Cl. The van der Waals surface area contributed by atoms with Crippen LogP contribution in [0.25, 0.3) is 0 Å². The Kier molecular flexibility index (Phi) is 5.05. The average Bonchev–Trinajstić information content (AvgIpc) is 2.42. The van der Waals surface area contributed by atoms with E-state index >= 15 is 0 Å². The van der Waals surface area contributed by atoms with Gasteiger partial charge in [-0.3, -0.25) is 0 Å². The highest BCUT2D eigenvalue weighted by Gasteiger charge is 2.18. The van der Waals surface area contributed by atoms with E-state index in [1.54, 1.807) is 30.3 Å². The first kappa shape index (κ1) is 15.7. The van der Waals surface area contributed by atoms with Crippen LogP contribution in [-0.4, -0.2) is 7.11 Å². The van der Waals surface area contributed by atoms with E-state index in [4.69, 9.17) is 56.9 Å². The number of nitrogens with two attached hydrogens (primary N) is 1. The zero-order valence-electron chi connectivity index (χ0n) is 10.5. The lowest BCUT2D eigenvalue weighted by molar-refractivity contribution is 0.415. The molecule has 20 heavy (non-hydrogen) atoms. The second-order valence-corrected chi connectivity index (χ2v) is 5.81. The van der Waals surface area contributed by atoms with Gasteiger partial charge in [0.15, 0.2) is 0 Å². The second kappa shape index (κ2) is 6.42. The predicted octanol–water partition coefficient (Wildman–Crippen LogP) is 5.36. The Hall–Kier alpha value is -0.640. The van der Waals surface area contributed by atoms with Crippen LogP contribution >= 0.6 is 46.4 Å². The summed E-state index contributed by atoms with van der Waals surface area (Å²) in [5.41, 5.74) is 7.56. The van der Waals surface area contributed by atoms with Crippen LogP contribution in [0.2, 0.25) is 20.1 Å². The maximum atomic E-state index is 6.22. The first-order valence-corrected chi connectivity index (χ1v) is 7.18. The molecule has 0 fully saturated rings. The molecule has 2 N–H and O–H groups in total. The van der Waals surface area contributed by atoms with Crippen LogP contribution in [0.3, 0.4) is 0 Å². The fraction of sp³-hybridized carbons (Fsp3) is 0.143. The van der Waals surface area contributed by atoms with Crippen LogP contribution in [-0.2, 0) is 0 Å². The molecule has 0 aliphatic rings. The van der Waals surface area contributed by atoms with Crippen molar-refractivity contribution < 1.29 is 4.74 Å². The summed E-state index contributed by atoms with van der Waals surface area (Å²) in [6, 6.07) is 7.86. The van der Waals surface area contributed by atoms with Crippen molar-refractivity contribution in [2.75, 3.05) is 7.11 Å². The minimum Gasteiger partial charge on any atom is -0.495 e. The molecular formula is C14H11Cl4NO. The van der Waals surface area contributed by atoms with Gasteiger partial charge in [-0.25, -0.2) is 0 Å². The molecule has 1 unspecified atom stereocenters. The molecule has 0 saturated heterocycles. The third kappa shape index (κ3) is 3.16. The van der Waals surface area contributed by atoms with Crippen molar-refractivity contribution in [3.8, 4) is 5.75 Å². The Bertz CT molecular complexity index is 645. The van der Waals surface area contributed by atoms with Gasteiger partial charge in [-0.15, -0.1) is 0 Å². The van der Waals surface area contributed by atoms with E-state index in [-0.39, 0.29) is 0 Å². The summed E-state index contributed by atoms with van der Waals surface area (Å²) in [7, 11) is 1.52. The lowest BCUT2D eigenvalue weighted by Crippen LogP contribution is -2.13. The quantitative estimate of drug-likeness (QED) is 0.808. The zero-order chi connectivity index (χ0) is 14.9. The Morgan fingerprint density at radius 1 is 0.900 bits per heavy atom. The summed E-state index contributed by atoms with van der Waals surface area (Å²) < 4.78 is 5.10. The van der Waals surface area contributed by atoms with Gasteiger partial charge in [-0.05, 0) is 35.4 Å². The van der Waals surface area contributed by atoms with Gasteiger partial charge in [0.2, 0.25) is 0 Å². The van der Waals surface area contributed by atoms with E-state index in [0.29, 0.717) is 37.0 Å². The molecule has 0 aliphatic carbocycles. The van der Waals surface area contributed by atoms with Crippen LogP contribution in [0.1, 0.15) is 17.2 Å². The number of benzene rings is 2. The van der Waals surface area contributed by atoms with Gasteiger partial charge < -0.3 is 10.5 Å². The highest BCUT2D eigenvalue weighted by atomic mass is 35.5. The van der Waals surface area contributed by atoms with E-state index in [0.717, 1.165) is 0 Å². The minimum atomic E-state index is -0.530. The summed E-state index contributed by atoms with van der Waals surface area (Å²) in [5.74, 6) is 0.491. The molecular weight excluding hydrogens is 340 g/mol. The molecule has 6 heteroatoms. The molecule has 0 spiro atoms. The van der Waals surface area contributed by atoms with Crippen molar-refractivity contribution in [2.24, 2.45) is 5.73 Å². The molecule has 0 heterocycles. The van der Waals surface area contributed by atoms with Crippen LogP contribution in [0, 0.1) is 0 Å². The Balaban J connectivity index is 2.50. The standard InChI is InChI=1S/C14H11Cl4NO/c1-20-13-6-11(17)9(5-12(13)18)14(19)8-4-7(15)2-3-10(8)16/h2-6,14H,19H2,1H3. The van der Waals surface area contributed by atoms with Gasteiger partial charge in [0.1, 0.15) is 5.75 Å². The van der Waals surface area contributed by atoms with Crippen LogP contribution in [0.5, 0.6) is 5.75 Å². The van der Waals surface area contributed by atoms with E-state index < -0.39 is 6.04 Å². The molecule has 2 aromatic carbocycles. The van der Waals surface area contributed by atoms with E-state index in [1.807, 2.05) is 0 Å². The molecule has 0 amide bonds. The molecule has 0 bridgehead atoms. The molecule has 0 radical (unpaired) electrons. The van der Waals surface area contributed by atoms with E-state index in [1.165, 1.54) is 7.11 Å². The number of rotatable bonds is 3. The highest BCUT2D eigenvalue weighted by molar-refractivity contribution is 6.35. The topological polar surface area (TPSA) is 35.2 Å². The first-order valence-electron chi connectivity index (χ1n) is 5.67. The van der Waals surface area contributed by atoms with E-state index in [2.05, 4.69) is 0 Å². The van der Waals surface area contributed by atoms with Crippen molar-refractivity contribution in [3.05, 3.63) is 61.5 Å². The van der Waals surface area contributed by atoms with Crippen molar-refractivity contribution in [1.82, 2.24) is 0 Å². The summed E-state index contributed by atoms with van der Waals surface area (Å²) in [6.07, 6.45) is 0. The van der Waals surface area contributed by atoms with Crippen molar-refractivity contribution in [3.63, 3.8) is 0 Å². The van der Waals surface area contributed by atoms with Crippen molar-refractivity contribution in [1.29, 1.82) is 0 Å². The predicted molar refractivity (Wildman–Crippen MR) is 85.5 cm³/mol. The summed E-state index contributed by atoms with van der Waals surface area (Å²) in [5, 5.41) is 1.95. The van der Waals surface area contributed by atoms with Crippen LogP contribution < -0.4 is 10.5 Å². The molecule has 2 nitrogen and oxygen atoms in total. The third-order valence-electron chi connectivity index (χ3n) is 2.90. The van der Waals surface area contributed by atoms with Gasteiger partial charge in [0.25, 0.3) is 0 Å². The fourth-order valence-corrected chi connectivity index (χ4v) is 2.80. The van der Waals surface area contributed by atoms with E-state index in [9.17, 15) is 0 Å². The first-order chi connectivity index (χ1) is 9.43. The second-order valence-electron chi connectivity index (χ2n) is 4.15. The maximum absolute atomic E-state index is 6.22. The van der Waals surface area contributed by atoms with Gasteiger partial charge >= 0.3 is 0 Å². The van der Waals surface area contributed by atoms with Gasteiger partial charge in [0, 0.05) is 21.1 Å². The fourth-order valence-electron chi connectivity index (χ4n) is 1.86. The Morgan fingerprint density at radius 2 is 1.55 bits per heavy atom. The third-order valence-corrected chi connectivity index (χ3v) is 4.10. The molecule has 2 aromatic rings. The zero-order valence-corrected chi connectivity index (χ0v) is 13.5. The number of hydrogen-bond acceptors (Lipinski definition) is 2. The molecule has 1 atom stereocenters. The molecule has 2 rings (SSSR count).